The lowest BCUT2D eigenvalue weighted by molar-refractivity contribution is -0.125. The van der Waals surface area contributed by atoms with Crippen molar-refractivity contribution in [2.75, 3.05) is 5.32 Å². The van der Waals surface area contributed by atoms with Gasteiger partial charge in [-0.25, -0.2) is 4.98 Å². The van der Waals surface area contributed by atoms with Crippen LogP contribution in [0.1, 0.15) is 28.3 Å². The molecule has 0 bridgehead atoms. The number of fused-ring (bicyclic) bond motifs is 1. The van der Waals surface area contributed by atoms with Gasteiger partial charge in [-0.1, -0.05) is 16.8 Å². The van der Waals surface area contributed by atoms with E-state index in [1.54, 1.807) is 11.3 Å². The molecular formula is C14H12ClN3O2S2. The number of thiazole rings is 1. The number of carbonyl (C=O) groups is 1. The molecule has 8 heteroatoms. The summed E-state index contributed by atoms with van der Waals surface area (Å²) in [7, 11) is 0. The Labute approximate surface area is 140 Å². The Kier molecular flexibility index (Phi) is 3.63. The molecule has 1 aliphatic carbocycles. The van der Waals surface area contributed by atoms with E-state index in [1.807, 2.05) is 12.1 Å². The average Bonchev–Trinajstić information content (AvgIpc) is 3.19. The molecule has 2 aromatic heterocycles. The SMILES string of the molecule is O=C(Nc1nc2c(s1)CCC2)C1CC(c2ccc(Cl)s2)=NO1. The zero-order valence-electron chi connectivity index (χ0n) is 11.5. The summed E-state index contributed by atoms with van der Waals surface area (Å²) < 4.78 is 0.697. The summed E-state index contributed by atoms with van der Waals surface area (Å²) >= 11 is 8.91. The number of hydrogen-bond donors (Lipinski definition) is 1. The van der Waals surface area contributed by atoms with Crippen molar-refractivity contribution in [2.24, 2.45) is 5.16 Å². The molecule has 0 saturated carbocycles. The Morgan fingerprint density at radius 3 is 3.05 bits per heavy atom. The highest BCUT2D eigenvalue weighted by Gasteiger charge is 2.30. The predicted molar refractivity (Wildman–Crippen MR) is 88.1 cm³/mol. The Morgan fingerprint density at radius 1 is 1.36 bits per heavy atom. The van der Waals surface area contributed by atoms with Gasteiger partial charge in [0.15, 0.2) is 5.13 Å². The molecule has 3 heterocycles. The van der Waals surface area contributed by atoms with E-state index in [1.165, 1.54) is 16.2 Å². The number of nitrogens with one attached hydrogen (secondary N) is 1. The van der Waals surface area contributed by atoms with Crippen LogP contribution in [0.25, 0.3) is 0 Å². The monoisotopic (exact) mass is 353 g/mol. The molecule has 1 atom stereocenters. The van der Waals surface area contributed by atoms with E-state index < -0.39 is 6.10 Å². The molecule has 0 fully saturated rings. The van der Waals surface area contributed by atoms with Gasteiger partial charge in [-0.15, -0.1) is 22.7 Å². The highest BCUT2D eigenvalue weighted by molar-refractivity contribution is 7.18. The zero-order valence-corrected chi connectivity index (χ0v) is 13.9. The maximum atomic E-state index is 12.3. The maximum Gasteiger partial charge on any atom is 0.270 e. The third-order valence-corrected chi connectivity index (χ3v) is 6.00. The largest absolute Gasteiger partial charge is 0.382 e. The van der Waals surface area contributed by atoms with Crippen LogP contribution in [0.3, 0.4) is 0 Å². The van der Waals surface area contributed by atoms with E-state index in [9.17, 15) is 4.79 Å². The number of oxime groups is 1. The standard InChI is InChI=1S/C14H12ClN3O2S2/c15-12-5-4-11(21-12)8-6-9(20-18-8)13(19)17-14-16-7-2-1-3-10(7)22-14/h4-5,9H,1-3,6H2,(H,16,17,19). The van der Waals surface area contributed by atoms with Crippen LogP contribution in [0.15, 0.2) is 17.3 Å². The van der Waals surface area contributed by atoms with Crippen LogP contribution in [0.5, 0.6) is 0 Å². The van der Waals surface area contributed by atoms with Gasteiger partial charge < -0.3 is 4.84 Å². The molecular weight excluding hydrogens is 342 g/mol. The lowest BCUT2D eigenvalue weighted by Gasteiger charge is -2.06. The zero-order chi connectivity index (χ0) is 15.1. The van der Waals surface area contributed by atoms with Crippen molar-refractivity contribution in [1.82, 2.24) is 4.98 Å². The molecule has 5 nitrogen and oxygen atoms in total. The van der Waals surface area contributed by atoms with Gasteiger partial charge in [0, 0.05) is 11.3 Å². The number of amides is 1. The molecule has 0 spiro atoms. The van der Waals surface area contributed by atoms with Crippen molar-refractivity contribution in [2.45, 2.75) is 31.8 Å². The molecule has 114 valence electrons. The summed E-state index contributed by atoms with van der Waals surface area (Å²) in [5.41, 5.74) is 1.89. The number of thiophene rings is 1. The molecule has 1 N–H and O–H groups in total. The summed E-state index contributed by atoms with van der Waals surface area (Å²) in [5, 5.41) is 7.50. The van der Waals surface area contributed by atoms with Gasteiger partial charge in [0.1, 0.15) is 5.71 Å². The van der Waals surface area contributed by atoms with Gasteiger partial charge in [-0.05, 0) is 31.4 Å². The molecule has 1 amide bonds. The number of anilines is 1. The number of rotatable bonds is 3. The van der Waals surface area contributed by atoms with E-state index in [0.717, 1.165) is 35.5 Å². The van der Waals surface area contributed by atoms with E-state index in [4.69, 9.17) is 16.4 Å². The van der Waals surface area contributed by atoms with E-state index in [0.29, 0.717) is 15.9 Å². The lowest BCUT2D eigenvalue weighted by atomic mass is 10.1. The van der Waals surface area contributed by atoms with E-state index in [2.05, 4.69) is 15.5 Å². The lowest BCUT2D eigenvalue weighted by Crippen LogP contribution is -2.27. The first-order valence-electron chi connectivity index (χ1n) is 6.97. The van der Waals surface area contributed by atoms with Crippen LogP contribution in [0.4, 0.5) is 5.13 Å². The normalized spacial score (nSPS) is 19.7. The number of hydrogen-bond acceptors (Lipinski definition) is 6. The molecule has 1 aliphatic heterocycles. The van der Waals surface area contributed by atoms with Gasteiger partial charge in [-0.3, -0.25) is 10.1 Å². The molecule has 0 radical (unpaired) electrons. The second-order valence-corrected chi connectivity index (χ2v) is 7.97. The highest BCUT2D eigenvalue weighted by atomic mass is 35.5. The fourth-order valence-corrected chi connectivity index (χ4v) is 4.65. The van der Waals surface area contributed by atoms with Gasteiger partial charge in [-0.2, -0.15) is 0 Å². The fourth-order valence-electron chi connectivity index (χ4n) is 2.56. The molecule has 22 heavy (non-hydrogen) atoms. The van der Waals surface area contributed by atoms with Crippen LogP contribution in [0, 0.1) is 0 Å². The van der Waals surface area contributed by atoms with Crippen LogP contribution >= 0.6 is 34.3 Å². The number of halogens is 1. The van der Waals surface area contributed by atoms with Crippen molar-refractivity contribution < 1.29 is 9.63 Å². The van der Waals surface area contributed by atoms with Crippen LogP contribution in [-0.4, -0.2) is 22.7 Å². The third-order valence-electron chi connectivity index (χ3n) is 3.64. The van der Waals surface area contributed by atoms with Crippen molar-refractivity contribution >= 4 is 51.0 Å². The smallest absolute Gasteiger partial charge is 0.270 e. The predicted octanol–water partition coefficient (Wildman–Crippen LogP) is 3.48. The number of carbonyl (C=O) groups excluding carboxylic acids is 1. The number of aryl methyl sites for hydroxylation is 2. The number of nitrogens with zero attached hydrogens (tertiary/aromatic N) is 2. The Bertz CT molecular complexity index is 746. The van der Waals surface area contributed by atoms with E-state index >= 15 is 0 Å². The Balaban J connectivity index is 1.40. The second-order valence-electron chi connectivity index (χ2n) is 5.17. The second kappa shape index (κ2) is 5.64. The summed E-state index contributed by atoms with van der Waals surface area (Å²) in [6.45, 7) is 0. The quantitative estimate of drug-likeness (QED) is 0.918. The van der Waals surface area contributed by atoms with Crippen LogP contribution in [-0.2, 0) is 22.5 Å². The molecule has 2 aliphatic rings. The Hall–Kier alpha value is -1.44. The molecule has 2 aromatic rings. The topological polar surface area (TPSA) is 63.6 Å². The van der Waals surface area contributed by atoms with Crippen LogP contribution in [0.2, 0.25) is 4.34 Å². The third kappa shape index (κ3) is 2.64. The fraction of sp³-hybridized carbons (Fsp3) is 0.357. The van der Waals surface area contributed by atoms with Gasteiger partial charge in [0.25, 0.3) is 5.91 Å². The summed E-state index contributed by atoms with van der Waals surface area (Å²) in [5.74, 6) is -0.200. The van der Waals surface area contributed by atoms with Crippen molar-refractivity contribution in [1.29, 1.82) is 0 Å². The first-order chi connectivity index (χ1) is 10.7. The maximum absolute atomic E-state index is 12.3. The highest BCUT2D eigenvalue weighted by Crippen LogP contribution is 2.31. The molecule has 1 unspecified atom stereocenters. The van der Waals surface area contributed by atoms with Crippen LogP contribution < -0.4 is 5.32 Å². The van der Waals surface area contributed by atoms with Crippen molar-refractivity contribution in [3.63, 3.8) is 0 Å². The van der Waals surface area contributed by atoms with Crippen molar-refractivity contribution in [3.05, 3.63) is 31.9 Å². The number of aromatic nitrogens is 1. The first-order valence-corrected chi connectivity index (χ1v) is 8.98. The molecule has 0 aromatic carbocycles. The minimum atomic E-state index is -0.602. The summed E-state index contributed by atoms with van der Waals surface area (Å²) in [6, 6.07) is 3.70. The van der Waals surface area contributed by atoms with Gasteiger partial charge in [0.05, 0.1) is 14.9 Å². The summed E-state index contributed by atoms with van der Waals surface area (Å²) in [4.78, 5) is 24.2. The first kappa shape index (κ1) is 14.2. The van der Waals surface area contributed by atoms with E-state index in [-0.39, 0.29) is 5.91 Å². The van der Waals surface area contributed by atoms with Gasteiger partial charge >= 0.3 is 0 Å². The molecule has 4 rings (SSSR count). The molecule has 0 saturated heterocycles. The minimum absolute atomic E-state index is 0.200. The summed E-state index contributed by atoms with van der Waals surface area (Å²) in [6.07, 6.45) is 3.08. The van der Waals surface area contributed by atoms with Crippen molar-refractivity contribution in [3.8, 4) is 0 Å². The van der Waals surface area contributed by atoms with Gasteiger partial charge in [0.2, 0.25) is 6.10 Å². The average molecular weight is 354 g/mol. The Morgan fingerprint density at radius 2 is 2.27 bits per heavy atom. The minimum Gasteiger partial charge on any atom is -0.382 e.